The molecule has 3 rings (SSSR count). The Labute approximate surface area is 125 Å². The normalized spacial score (nSPS) is 23.4. The van der Waals surface area contributed by atoms with Gasteiger partial charge in [0.1, 0.15) is 0 Å². The van der Waals surface area contributed by atoms with Crippen molar-refractivity contribution in [1.29, 1.82) is 0 Å². The van der Waals surface area contributed by atoms with Crippen LogP contribution in [0.4, 0.5) is 0 Å². The molecule has 108 valence electrons. The van der Waals surface area contributed by atoms with Crippen molar-refractivity contribution in [3.8, 4) is 0 Å². The highest BCUT2D eigenvalue weighted by Gasteiger charge is 2.25. The summed E-state index contributed by atoms with van der Waals surface area (Å²) in [5, 5.41) is 0.471. The number of fused-ring (bicyclic) bond motifs is 1. The monoisotopic (exact) mass is 290 g/mol. The van der Waals surface area contributed by atoms with Gasteiger partial charge in [-0.2, -0.15) is 11.8 Å². The van der Waals surface area contributed by atoms with Crippen LogP contribution in [0.5, 0.6) is 0 Å². The lowest BCUT2D eigenvalue weighted by Crippen LogP contribution is -2.41. The second-order valence-electron chi connectivity index (χ2n) is 5.79. The molecule has 0 aromatic heterocycles. The zero-order valence-corrected chi connectivity index (χ0v) is 12.9. The molecule has 4 heteroatoms. The van der Waals surface area contributed by atoms with Gasteiger partial charge in [0.05, 0.1) is 0 Å². The highest BCUT2D eigenvalue weighted by atomic mass is 32.2. The molecule has 2 heterocycles. The molecule has 20 heavy (non-hydrogen) atoms. The van der Waals surface area contributed by atoms with Crippen molar-refractivity contribution in [2.24, 2.45) is 0 Å². The minimum atomic E-state index is 0.326. The van der Waals surface area contributed by atoms with Crippen LogP contribution in [0.2, 0.25) is 0 Å². The van der Waals surface area contributed by atoms with E-state index in [4.69, 9.17) is 0 Å². The quantitative estimate of drug-likeness (QED) is 0.832. The maximum atomic E-state index is 12.5. The van der Waals surface area contributed by atoms with Crippen LogP contribution in [0, 0.1) is 0 Å². The first-order valence-electron chi connectivity index (χ1n) is 7.37. The molecule has 3 nitrogen and oxygen atoms in total. The van der Waals surface area contributed by atoms with Crippen molar-refractivity contribution in [2.75, 3.05) is 32.4 Å². The summed E-state index contributed by atoms with van der Waals surface area (Å²) in [6, 6.07) is 8.49. The summed E-state index contributed by atoms with van der Waals surface area (Å²) in [5.74, 6) is 1.48. The lowest BCUT2D eigenvalue weighted by atomic mass is 9.99. The average Bonchev–Trinajstić information content (AvgIpc) is 2.47. The number of carbonyl (C=O) groups excluding carboxylic acids is 1. The predicted octanol–water partition coefficient (Wildman–Crippen LogP) is 2.01. The Hall–Kier alpha value is -1.00. The third-order valence-corrected chi connectivity index (χ3v) is 5.43. The van der Waals surface area contributed by atoms with E-state index in [1.807, 2.05) is 16.7 Å². The van der Waals surface area contributed by atoms with Gasteiger partial charge in [-0.15, -0.1) is 0 Å². The van der Waals surface area contributed by atoms with Crippen molar-refractivity contribution < 1.29 is 4.79 Å². The first-order chi connectivity index (χ1) is 9.72. The third kappa shape index (κ3) is 3.18. The number of rotatable bonds is 2. The summed E-state index contributed by atoms with van der Waals surface area (Å²) >= 11 is 1.96. The molecule has 1 saturated heterocycles. The summed E-state index contributed by atoms with van der Waals surface area (Å²) in [7, 11) is 2.15. The number of carbonyl (C=O) groups is 1. The molecule has 0 aliphatic carbocycles. The van der Waals surface area contributed by atoms with Crippen LogP contribution >= 0.6 is 11.8 Å². The summed E-state index contributed by atoms with van der Waals surface area (Å²) in [6.07, 6.45) is 1.69. The highest BCUT2D eigenvalue weighted by Crippen LogP contribution is 2.24. The Kier molecular flexibility index (Phi) is 4.32. The molecule has 0 bridgehead atoms. The predicted molar refractivity (Wildman–Crippen MR) is 83.9 cm³/mol. The van der Waals surface area contributed by atoms with Crippen LogP contribution in [-0.4, -0.2) is 53.4 Å². The summed E-state index contributed by atoms with van der Waals surface area (Å²) in [5.41, 5.74) is 2.73. The van der Waals surface area contributed by atoms with E-state index in [9.17, 15) is 4.79 Å². The van der Waals surface area contributed by atoms with Crippen molar-refractivity contribution >= 4 is 17.7 Å². The van der Waals surface area contributed by atoms with Crippen LogP contribution in [0.1, 0.15) is 17.5 Å². The lowest BCUT2D eigenvalue weighted by Gasteiger charge is -2.33. The molecule has 1 amide bonds. The molecule has 0 saturated carbocycles. The molecule has 1 aromatic carbocycles. The fourth-order valence-electron chi connectivity index (χ4n) is 3.02. The Morgan fingerprint density at radius 2 is 2.10 bits per heavy atom. The molecular weight excluding hydrogens is 268 g/mol. The highest BCUT2D eigenvalue weighted by molar-refractivity contribution is 8.00. The van der Waals surface area contributed by atoms with Crippen LogP contribution in [0.25, 0.3) is 0 Å². The van der Waals surface area contributed by atoms with Crippen LogP contribution in [0.15, 0.2) is 24.3 Å². The fourth-order valence-corrected chi connectivity index (χ4v) is 4.39. The Balaban J connectivity index is 1.59. The molecular formula is C16H22N2OS. The number of benzene rings is 1. The largest absolute Gasteiger partial charge is 0.338 e. The van der Waals surface area contributed by atoms with E-state index in [2.05, 4.69) is 36.2 Å². The van der Waals surface area contributed by atoms with E-state index >= 15 is 0 Å². The van der Waals surface area contributed by atoms with Gasteiger partial charge >= 0.3 is 0 Å². The molecule has 0 N–H and O–H groups in total. The zero-order valence-electron chi connectivity index (χ0n) is 12.0. The number of thioether (sulfide) groups is 1. The first kappa shape index (κ1) is 14.0. The van der Waals surface area contributed by atoms with Crippen LogP contribution in [-0.2, 0) is 17.8 Å². The van der Waals surface area contributed by atoms with Crippen molar-refractivity contribution in [3.63, 3.8) is 0 Å². The molecule has 0 spiro atoms. The molecule has 1 atom stereocenters. The average molecular weight is 290 g/mol. The van der Waals surface area contributed by atoms with E-state index in [1.54, 1.807) is 0 Å². The molecule has 0 radical (unpaired) electrons. The second-order valence-corrected chi connectivity index (χ2v) is 7.20. The summed E-state index contributed by atoms with van der Waals surface area (Å²) in [6.45, 7) is 3.86. The zero-order chi connectivity index (χ0) is 13.9. The standard InChI is InChI=1S/C16H22N2OS/c1-17-8-9-20-15(12-17)10-16(19)18-7-6-13-4-2-3-5-14(13)11-18/h2-5,15H,6-12H2,1H3. The minimum Gasteiger partial charge on any atom is -0.338 e. The maximum absolute atomic E-state index is 12.5. The first-order valence-corrected chi connectivity index (χ1v) is 8.42. The van der Waals surface area contributed by atoms with E-state index in [0.717, 1.165) is 38.4 Å². The van der Waals surface area contributed by atoms with Crippen molar-refractivity contribution in [1.82, 2.24) is 9.80 Å². The van der Waals surface area contributed by atoms with E-state index in [1.165, 1.54) is 11.1 Å². The van der Waals surface area contributed by atoms with Gasteiger partial charge in [0.25, 0.3) is 0 Å². The van der Waals surface area contributed by atoms with E-state index in [0.29, 0.717) is 17.6 Å². The smallest absolute Gasteiger partial charge is 0.224 e. The molecule has 1 unspecified atom stereocenters. The van der Waals surface area contributed by atoms with Crippen LogP contribution in [0.3, 0.4) is 0 Å². The minimum absolute atomic E-state index is 0.326. The Morgan fingerprint density at radius 3 is 2.90 bits per heavy atom. The number of nitrogens with zero attached hydrogens (tertiary/aromatic N) is 2. The van der Waals surface area contributed by atoms with Crippen LogP contribution < -0.4 is 0 Å². The number of hydrogen-bond donors (Lipinski definition) is 0. The topological polar surface area (TPSA) is 23.6 Å². The van der Waals surface area contributed by atoms with Crippen molar-refractivity contribution in [2.45, 2.75) is 24.6 Å². The number of amides is 1. The van der Waals surface area contributed by atoms with E-state index < -0.39 is 0 Å². The maximum Gasteiger partial charge on any atom is 0.224 e. The lowest BCUT2D eigenvalue weighted by molar-refractivity contribution is -0.132. The Bertz CT molecular complexity index is 491. The summed E-state index contributed by atoms with van der Waals surface area (Å²) in [4.78, 5) is 16.8. The van der Waals surface area contributed by atoms with E-state index in [-0.39, 0.29) is 0 Å². The Morgan fingerprint density at radius 1 is 1.30 bits per heavy atom. The van der Waals surface area contributed by atoms with Gasteiger partial charge in [-0.25, -0.2) is 0 Å². The van der Waals surface area contributed by atoms with Gasteiger partial charge in [0.15, 0.2) is 0 Å². The van der Waals surface area contributed by atoms with Gasteiger partial charge in [-0.3, -0.25) is 4.79 Å². The third-order valence-electron chi connectivity index (χ3n) is 4.23. The van der Waals surface area contributed by atoms with Crippen molar-refractivity contribution in [3.05, 3.63) is 35.4 Å². The SMILES string of the molecule is CN1CCSC(CC(=O)N2CCc3ccccc3C2)C1. The molecule has 2 aliphatic heterocycles. The van der Waals surface area contributed by atoms with Gasteiger partial charge in [0, 0.05) is 43.6 Å². The summed E-state index contributed by atoms with van der Waals surface area (Å²) < 4.78 is 0. The number of hydrogen-bond acceptors (Lipinski definition) is 3. The van der Waals surface area contributed by atoms with Gasteiger partial charge < -0.3 is 9.80 Å². The van der Waals surface area contributed by atoms with Gasteiger partial charge in [-0.1, -0.05) is 24.3 Å². The molecule has 2 aliphatic rings. The molecule has 1 fully saturated rings. The van der Waals surface area contributed by atoms with Gasteiger partial charge in [0.2, 0.25) is 5.91 Å². The fraction of sp³-hybridized carbons (Fsp3) is 0.562. The molecule has 1 aromatic rings. The van der Waals surface area contributed by atoms with Gasteiger partial charge in [-0.05, 0) is 24.6 Å². The second kappa shape index (κ2) is 6.19.